The largest absolute Gasteiger partial charge is 0.495 e. The van der Waals surface area contributed by atoms with Crippen LogP contribution < -0.4 is 20.5 Å². The number of carbonyl (C=O) groups excluding carboxylic acids is 1. The maximum absolute atomic E-state index is 12.3. The molecule has 0 saturated carbocycles. The van der Waals surface area contributed by atoms with E-state index in [9.17, 15) is 13.2 Å². The molecule has 134 valence electrons. The lowest BCUT2D eigenvalue weighted by Crippen LogP contribution is -2.37. The van der Waals surface area contributed by atoms with Crippen LogP contribution in [0.3, 0.4) is 0 Å². The van der Waals surface area contributed by atoms with Crippen molar-refractivity contribution in [2.45, 2.75) is 24.4 Å². The Morgan fingerprint density at radius 1 is 1.16 bits per heavy atom. The van der Waals surface area contributed by atoms with Gasteiger partial charge in [-0.15, -0.1) is 0 Å². The third kappa shape index (κ3) is 5.28. The van der Waals surface area contributed by atoms with Crippen molar-refractivity contribution in [2.75, 3.05) is 12.4 Å². The fourth-order valence-electron chi connectivity index (χ4n) is 2.15. The molecule has 1 atom stereocenters. The summed E-state index contributed by atoms with van der Waals surface area (Å²) in [7, 11) is -2.16. The highest BCUT2D eigenvalue weighted by Gasteiger charge is 2.14. The highest BCUT2D eigenvalue weighted by atomic mass is 32.2. The average Bonchev–Trinajstić information content (AvgIpc) is 2.59. The second kappa shape index (κ2) is 8.11. The zero-order valence-electron chi connectivity index (χ0n) is 14.0. The topological polar surface area (TPSA) is 111 Å². The normalized spacial score (nSPS) is 12.4. The first-order valence-electron chi connectivity index (χ1n) is 7.60. The summed E-state index contributed by atoms with van der Waals surface area (Å²) >= 11 is 0. The molecular formula is C17H21N3O4S. The number of rotatable bonds is 7. The molecule has 25 heavy (non-hydrogen) atoms. The summed E-state index contributed by atoms with van der Waals surface area (Å²) in [6.07, 6.45) is 0. The van der Waals surface area contributed by atoms with Gasteiger partial charge in [0.1, 0.15) is 5.75 Å². The van der Waals surface area contributed by atoms with E-state index in [2.05, 4.69) is 10.6 Å². The van der Waals surface area contributed by atoms with Crippen molar-refractivity contribution in [2.24, 2.45) is 5.14 Å². The van der Waals surface area contributed by atoms with Crippen molar-refractivity contribution in [3.63, 3.8) is 0 Å². The molecular weight excluding hydrogens is 342 g/mol. The monoisotopic (exact) mass is 363 g/mol. The molecule has 0 bridgehead atoms. The molecule has 8 heteroatoms. The number of methoxy groups -OCH3 is 1. The lowest BCUT2D eigenvalue weighted by molar-refractivity contribution is -0.117. The standard InChI is InChI=1S/C17H21N3O4S/c1-12(17(21)20-15-5-3-4-6-16(15)24-2)19-11-13-7-9-14(10-8-13)25(18,22)23/h3-10,12,19H,11H2,1-2H3,(H,20,21)(H2,18,22,23)/t12-/m0/s1. The number of hydrogen-bond acceptors (Lipinski definition) is 5. The van der Waals surface area contributed by atoms with E-state index in [4.69, 9.17) is 9.88 Å². The summed E-state index contributed by atoms with van der Waals surface area (Å²) in [5.41, 5.74) is 1.44. The predicted molar refractivity (Wildman–Crippen MR) is 95.7 cm³/mol. The third-order valence-electron chi connectivity index (χ3n) is 3.62. The Hall–Kier alpha value is -2.42. The Labute approximate surface area is 147 Å². The van der Waals surface area contributed by atoms with Crippen molar-refractivity contribution in [3.8, 4) is 5.75 Å². The van der Waals surface area contributed by atoms with Gasteiger partial charge >= 0.3 is 0 Å². The molecule has 0 aliphatic rings. The molecule has 0 unspecified atom stereocenters. The van der Waals surface area contributed by atoms with Crippen molar-refractivity contribution in [1.82, 2.24) is 5.32 Å². The number of nitrogens with two attached hydrogens (primary N) is 1. The van der Waals surface area contributed by atoms with Gasteiger partial charge in [-0.05, 0) is 36.8 Å². The Morgan fingerprint density at radius 2 is 1.80 bits per heavy atom. The molecule has 0 aromatic heterocycles. The van der Waals surface area contributed by atoms with Crippen LogP contribution in [0.5, 0.6) is 5.75 Å². The number of primary sulfonamides is 1. The molecule has 2 rings (SSSR count). The van der Waals surface area contributed by atoms with Gasteiger partial charge in [-0.1, -0.05) is 24.3 Å². The van der Waals surface area contributed by atoms with Gasteiger partial charge in [0.15, 0.2) is 0 Å². The first kappa shape index (κ1) is 18.9. The molecule has 1 amide bonds. The van der Waals surface area contributed by atoms with E-state index in [0.717, 1.165) is 5.56 Å². The van der Waals surface area contributed by atoms with Crippen molar-refractivity contribution >= 4 is 21.6 Å². The summed E-state index contributed by atoms with van der Waals surface area (Å²) in [5.74, 6) is 0.382. The second-order valence-electron chi connectivity index (χ2n) is 5.48. The molecule has 0 saturated heterocycles. The van der Waals surface area contributed by atoms with Gasteiger partial charge in [0.05, 0.1) is 23.7 Å². The fourth-order valence-corrected chi connectivity index (χ4v) is 2.66. The maximum Gasteiger partial charge on any atom is 0.241 e. The van der Waals surface area contributed by atoms with Crippen molar-refractivity contribution in [3.05, 3.63) is 54.1 Å². The van der Waals surface area contributed by atoms with Crippen molar-refractivity contribution in [1.29, 1.82) is 0 Å². The van der Waals surface area contributed by atoms with Gasteiger partial charge in [-0.3, -0.25) is 4.79 Å². The zero-order chi connectivity index (χ0) is 18.4. The first-order chi connectivity index (χ1) is 11.8. The smallest absolute Gasteiger partial charge is 0.241 e. The van der Waals surface area contributed by atoms with Crippen LogP contribution in [0.4, 0.5) is 5.69 Å². The highest BCUT2D eigenvalue weighted by Crippen LogP contribution is 2.23. The average molecular weight is 363 g/mol. The number of ether oxygens (including phenoxy) is 1. The number of para-hydroxylation sites is 2. The maximum atomic E-state index is 12.3. The Morgan fingerprint density at radius 3 is 2.40 bits per heavy atom. The summed E-state index contributed by atoms with van der Waals surface area (Å²) in [5, 5.41) is 10.9. The molecule has 7 nitrogen and oxygen atoms in total. The SMILES string of the molecule is COc1ccccc1NC(=O)[C@H](C)NCc1ccc(S(N)(=O)=O)cc1. The van der Waals surface area contributed by atoms with Crippen LogP contribution in [0.25, 0.3) is 0 Å². The van der Waals surface area contributed by atoms with Gasteiger partial charge in [-0.25, -0.2) is 13.6 Å². The minimum absolute atomic E-state index is 0.0539. The molecule has 0 radical (unpaired) electrons. The van der Waals surface area contributed by atoms with E-state index in [1.165, 1.54) is 19.2 Å². The molecule has 0 aliphatic heterocycles. The van der Waals surface area contributed by atoms with Crippen LogP contribution in [0, 0.1) is 0 Å². The third-order valence-corrected chi connectivity index (χ3v) is 4.55. The summed E-state index contributed by atoms with van der Waals surface area (Å²) in [6.45, 7) is 2.15. The summed E-state index contributed by atoms with van der Waals surface area (Å²) < 4.78 is 27.6. The fraction of sp³-hybridized carbons (Fsp3) is 0.235. The van der Waals surface area contributed by atoms with E-state index < -0.39 is 16.1 Å². The minimum Gasteiger partial charge on any atom is -0.495 e. The number of carbonyl (C=O) groups is 1. The van der Waals surface area contributed by atoms with E-state index in [-0.39, 0.29) is 10.8 Å². The lowest BCUT2D eigenvalue weighted by Gasteiger charge is -2.15. The Kier molecular flexibility index (Phi) is 6.13. The molecule has 0 heterocycles. The minimum atomic E-state index is -3.70. The molecule has 0 spiro atoms. The quantitative estimate of drug-likeness (QED) is 0.690. The predicted octanol–water partition coefficient (Wildman–Crippen LogP) is 1.46. The molecule has 0 aliphatic carbocycles. The zero-order valence-corrected chi connectivity index (χ0v) is 14.8. The lowest BCUT2D eigenvalue weighted by atomic mass is 10.2. The molecule has 4 N–H and O–H groups in total. The van der Waals surface area contributed by atoms with E-state index >= 15 is 0 Å². The Balaban J connectivity index is 1.93. The molecule has 2 aromatic carbocycles. The van der Waals surface area contributed by atoms with Gasteiger partial charge in [0.2, 0.25) is 15.9 Å². The van der Waals surface area contributed by atoms with Gasteiger partial charge in [-0.2, -0.15) is 0 Å². The van der Waals surface area contributed by atoms with Crippen LogP contribution >= 0.6 is 0 Å². The number of hydrogen-bond donors (Lipinski definition) is 3. The van der Waals surface area contributed by atoms with Crippen LogP contribution in [0.15, 0.2) is 53.4 Å². The first-order valence-corrected chi connectivity index (χ1v) is 9.15. The van der Waals surface area contributed by atoms with Crippen LogP contribution in [-0.2, 0) is 21.4 Å². The molecule has 0 fully saturated rings. The van der Waals surface area contributed by atoms with Crippen molar-refractivity contribution < 1.29 is 17.9 Å². The number of anilines is 1. The van der Waals surface area contributed by atoms with E-state index in [1.807, 2.05) is 12.1 Å². The van der Waals surface area contributed by atoms with Crippen LogP contribution in [0.2, 0.25) is 0 Å². The van der Waals surface area contributed by atoms with Gasteiger partial charge in [0.25, 0.3) is 0 Å². The van der Waals surface area contributed by atoms with E-state index in [1.54, 1.807) is 31.2 Å². The summed E-state index contributed by atoms with van der Waals surface area (Å²) in [6, 6.07) is 12.9. The van der Waals surface area contributed by atoms with Crippen LogP contribution in [-0.4, -0.2) is 27.5 Å². The molecule has 2 aromatic rings. The number of sulfonamides is 1. The Bertz CT molecular complexity index is 835. The van der Waals surface area contributed by atoms with Crippen LogP contribution in [0.1, 0.15) is 12.5 Å². The number of amides is 1. The number of benzene rings is 2. The van der Waals surface area contributed by atoms with E-state index in [0.29, 0.717) is 18.0 Å². The van der Waals surface area contributed by atoms with Gasteiger partial charge in [0, 0.05) is 6.54 Å². The second-order valence-corrected chi connectivity index (χ2v) is 7.04. The highest BCUT2D eigenvalue weighted by molar-refractivity contribution is 7.89. The summed E-state index contributed by atoms with van der Waals surface area (Å²) in [4.78, 5) is 12.3. The van der Waals surface area contributed by atoms with Gasteiger partial charge < -0.3 is 15.4 Å². The number of nitrogens with one attached hydrogen (secondary N) is 2.